The van der Waals surface area contributed by atoms with E-state index in [1.54, 1.807) is 24.5 Å². The number of aryl methyl sites for hydroxylation is 1. The maximum atomic E-state index is 5.54. The van der Waals surface area contributed by atoms with Gasteiger partial charge in [-0.1, -0.05) is 12.2 Å². The number of aromatic nitrogens is 2. The third-order valence-electron chi connectivity index (χ3n) is 2.13. The molecule has 0 saturated heterocycles. The fourth-order valence-electron chi connectivity index (χ4n) is 1.33. The van der Waals surface area contributed by atoms with Gasteiger partial charge in [0.25, 0.3) is 0 Å². The van der Waals surface area contributed by atoms with Crippen molar-refractivity contribution in [2.75, 3.05) is 5.32 Å². The van der Waals surface area contributed by atoms with Gasteiger partial charge in [-0.2, -0.15) is 0 Å². The molecule has 0 amide bonds. The smallest absolute Gasteiger partial charge is 0.213 e. The van der Waals surface area contributed by atoms with Crippen LogP contribution in [0.2, 0.25) is 0 Å². The average molecular weight is 248 g/mol. The van der Waals surface area contributed by atoms with Crippen LogP contribution in [-0.4, -0.2) is 15.0 Å². The Kier molecular flexibility index (Phi) is 3.34. The molecule has 0 aromatic carbocycles. The molecule has 5 nitrogen and oxygen atoms in total. The Morgan fingerprint density at radius 2 is 2.35 bits per heavy atom. The molecule has 0 fully saturated rings. The Balaban J connectivity index is 2.04. The van der Waals surface area contributed by atoms with Crippen LogP contribution < -0.4 is 11.1 Å². The molecule has 3 N–H and O–H groups in total. The van der Waals surface area contributed by atoms with E-state index in [0.29, 0.717) is 23.2 Å². The van der Waals surface area contributed by atoms with E-state index >= 15 is 0 Å². The van der Waals surface area contributed by atoms with Gasteiger partial charge in [0.2, 0.25) is 5.89 Å². The number of thiocarbonyl (C=S) groups is 1. The van der Waals surface area contributed by atoms with Crippen LogP contribution in [0.4, 0.5) is 5.82 Å². The van der Waals surface area contributed by atoms with Gasteiger partial charge < -0.3 is 15.5 Å². The van der Waals surface area contributed by atoms with E-state index < -0.39 is 0 Å². The van der Waals surface area contributed by atoms with Crippen molar-refractivity contribution < 1.29 is 4.42 Å². The van der Waals surface area contributed by atoms with Crippen molar-refractivity contribution in [1.82, 2.24) is 9.97 Å². The highest BCUT2D eigenvalue weighted by Crippen LogP contribution is 2.09. The second kappa shape index (κ2) is 4.92. The van der Waals surface area contributed by atoms with Gasteiger partial charge in [0.1, 0.15) is 16.6 Å². The van der Waals surface area contributed by atoms with Gasteiger partial charge in [-0.15, -0.1) is 0 Å². The number of nitrogens with one attached hydrogen (secondary N) is 1. The summed E-state index contributed by atoms with van der Waals surface area (Å²) in [6.07, 6.45) is 3.33. The van der Waals surface area contributed by atoms with Gasteiger partial charge in [-0.05, 0) is 19.1 Å². The molecule has 0 spiro atoms. The molecule has 17 heavy (non-hydrogen) atoms. The first-order valence-corrected chi connectivity index (χ1v) is 5.47. The second-order valence-corrected chi connectivity index (χ2v) is 3.95. The molecule has 2 aromatic heterocycles. The van der Waals surface area contributed by atoms with E-state index in [-0.39, 0.29) is 0 Å². The molecule has 88 valence electrons. The predicted molar refractivity (Wildman–Crippen MR) is 68.7 cm³/mol. The van der Waals surface area contributed by atoms with Gasteiger partial charge in [0.15, 0.2) is 0 Å². The summed E-state index contributed by atoms with van der Waals surface area (Å²) in [7, 11) is 0. The average Bonchev–Trinajstić information content (AvgIpc) is 2.73. The topological polar surface area (TPSA) is 77.0 Å². The number of hydrogen-bond acceptors (Lipinski definition) is 5. The van der Waals surface area contributed by atoms with Gasteiger partial charge >= 0.3 is 0 Å². The molecule has 2 rings (SSSR count). The predicted octanol–water partition coefficient (Wildman–Crippen LogP) is 1.62. The molecule has 0 radical (unpaired) electrons. The van der Waals surface area contributed by atoms with Crippen LogP contribution in [0, 0.1) is 6.92 Å². The summed E-state index contributed by atoms with van der Waals surface area (Å²) in [5.41, 5.74) is 6.32. The number of anilines is 1. The summed E-state index contributed by atoms with van der Waals surface area (Å²) in [4.78, 5) is 8.58. The van der Waals surface area contributed by atoms with Crippen LogP contribution in [0.3, 0.4) is 0 Å². The Bertz CT molecular complexity index is 538. The van der Waals surface area contributed by atoms with Crippen LogP contribution in [0.15, 0.2) is 28.9 Å². The minimum Gasteiger partial charge on any atom is -0.444 e. The highest BCUT2D eigenvalue weighted by molar-refractivity contribution is 7.80. The van der Waals surface area contributed by atoms with Crippen molar-refractivity contribution >= 4 is 23.0 Å². The van der Waals surface area contributed by atoms with Crippen LogP contribution in [0.25, 0.3) is 0 Å². The molecule has 6 heteroatoms. The minimum atomic E-state index is 0.349. The lowest BCUT2D eigenvalue weighted by atomic mass is 10.2. The van der Waals surface area contributed by atoms with Crippen molar-refractivity contribution in [3.63, 3.8) is 0 Å². The number of oxazole rings is 1. The third-order valence-corrected chi connectivity index (χ3v) is 2.37. The SMILES string of the molecule is Cc1cnc(CNc2cc(C(N)=S)ccn2)o1. The highest BCUT2D eigenvalue weighted by atomic mass is 32.1. The largest absolute Gasteiger partial charge is 0.444 e. The quantitative estimate of drug-likeness (QED) is 0.801. The molecule has 0 atom stereocenters. The Morgan fingerprint density at radius 3 is 3.00 bits per heavy atom. The lowest BCUT2D eigenvalue weighted by Crippen LogP contribution is -2.10. The van der Waals surface area contributed by atoms with Crippen LogP contribution in [0.5, 0.6) is 0 Å². The lowest BCUT2D eigenvalue weighted by molar-refractivity contribution is 0.479. The number of nitrogens with two attached hydrogens (primary N) is 1. The fourth-order valence-corrected chi connectivity index (χ4v) is 1.46. The van der Waals surface area contributed by atoms with Gasteiger partial charge in [0.05, 0.1) is 12.7 Å². The van der Waals surface area contributed by atoms with Gasteiger partial charge in [-0.25, -0.2) is 9.97 Å². The molecule has 0 bridgehead atoms. The zero-order chi connectivity index (χ0) is 12.3. The molecule has 0 aliphatic heterocycles. The van der Waals surface area contributed by atoms with E-state index in [4.69, 9.17) is 22.4 Å². The Labute approximate surface area is 104 Å². The Hall–Kier alpha value is -1.95. The van der Waals surface area contributed by atoms with Gasteiger partial charge in [0, 0.05) is 11.8 Å². The van der Waals surface area contributed by atoms with Crippen molar-refractivity contribution in [2.24, 2.45) is 5.73 Å². The number of hydrogen-bond donors (Lipinski definition) is 2. The number of nitrogens with zero attached hydrogens (tertiary/aromatic N) is 2. The first-order chi connectivity index (χ1) is 8.15. The summed E-state index contributed by atoms with van der Waals surface area (Å²) >= 11 is 4.89. The zero-order valence-corrected chi connectivity index (χ0v) is 10.1. The fraction of sp³-hybridized carbons (Fsp3) is 0.182. The lowest BCUT2D eigenvalue weighted by Gasteiger charge is -2.04. The zero-order valence-electron chi connectivity index (χ0n) is 9.30. The third kappa shape index (κ3) is 3.01. The molecular weight excluding hydrogens is 236 g/mol. The Morgan fingerprint density at radius 1 is 1.53 bits per heavy atom. The molecular formula is C11H12N4OS. The first kappa shape index (κ1) is 11.5. The molecule has 2 aromatic rings. The summed E-state index contributed by atoms with van der Waals surface area (Å²) in [6, 6.07) is 3.56. The van der Waals surface area contributed by atoms with E-state index in [1.165, 1.54) is 0 Å². The van der Waals surface area contributed by atoms with E-state index in [9.17, 15) is 0 Å². The summed E-state index contributed by atoms with van der Waals surface area (Å²) in [5.74, 6) is 2.09. The molecule has 0 unspecified atom stereocenters. The second-order valence-electron chi connectivity index (χ2n) is 3.51. The summed E-state index contributed by atoms with van der Waals surface area (Å²) in [6.45, 7) is 2.32. The first-order valence-electron chi connectivity index (χ1n) is 5.06. The molecule has 0 aliphatic rings. The van der Waals surface area contributed by atoms with Crippen LogP contribution in [-0.2, 0) is 6.54 Å². The minimum absolute atomic E-state index is 0.349. The monoisotopic (exact) mass is 248 g/mol. The standard InChI is InChI=1S/C11H12N4OS/c1-7-5-15-10(16-7)6-14-9-4-8(11(12)17)2-3-13-9/h2-5H,6H2,1H3,(H2,12,17)(H,13,14). The van der Waals surface area contributed by atoms with Crippen molar-refractivity contribution in [1.29, 1.82) is 0 Å². The van der Waals surface area contributed by atoms with Gasteiger partial charge in [-0.3, -0.25) is 0 Å². The maximum Gasteiger partial charge on any atom is 0.213 e. The molecule has 0 saturated carbocycles. The van der Waals surface area contributed by atoms with Crippen molar-refractivity contribution in [2.45, 2.75) is 13.5 Å². The summed E-state index contributed by atoms with van der Waals surface area (Å²) in [5, 5.41) is 3.09. The number of pyridine rings is 1. The summed E-state index contributed by atoms with van der Waals surface area (Å²) < 4.78 is 5.33. The number of rotatable bonds is 4. The van der Waals surface area contributed by atoms with Crippen molar-refractivity contribution in [3.8, 4) is 0 Å². The highest BCUT2D eigenvalue weighted by Gasteiger charge is 2.02. The van der Waals surface area contributed by atoms with E-state index in [2.05, 4.69) is 15.3 Å². The molecule has 2 heterocycles. The normalized spacial score (nSPS) is 10.2. The van der Waals surface area contributed by atoms with Crippen LogP contribution >= 0.6 is 12.2 Å². The molecule has 0 aliphatic carbocycles. The van der Waals surface area contributed by atoms with Crippen LogP contribution in [0.1, 0.15) is 17.2 Å². The maximum absolute atomic E-state index is 5.54. The van der Waals surface area contributed by atoms with E-state index in [0.717, 1.165) is 11.3 Å². The van der Waals surface area contributed by atoms with Crippen molar-refractivity contribution in [3.05, 3.63) is 41.7 Å². The van der Waals surface area contributed by atoms with E-state index in [1.807, 2.05) is 6.92 Å².